The van der Waals surface area contributed by atoms with Crippen LogP contribution in [0.1, 0.15) is 36.7 Å². The Balaban J connectivity index is 1.59. The molecule has 1 aliphatic rings. The number of primary amides is 1. The molecule has 5 nitrogen and oxygen atoms in total. The van der Waals surface area contributed by atoms with Gasteiger partial charge in [0.05, 0.1) is 11.1 Å². The molecule has 1 aliphatic heterocycles. The van der Waals surface area contributed by atoms with Gasteiger partial charge in [-0.2, -0.15) is 0 Å². The van der Waals surface area contributed by atoms with Gasteiger partial charge < -0.3 is 11.1 Å². The van der Waals surface area contributed by atoms with Crippen LogP contribution in [-0.2, 0) is 19.5 Å². The first kappa shape index (κ1) is 21.8. The van der Waals surface area contributed by atoms with Gasteiger partial charge in [-0.25, -0.2) is 4.39 Å². The quantitative estimate of drug-likeness (QED) is 0.536. The highest BCUT2D eigenvalue weighted by Crippen LogP contribution is 2.38. The lowest BCUT2D eigenvalue weighted by Crippen LogP contribution is -2.30. The fraction of sp³-hybridized carbons (Fsp3) is 0.182. The van der Waals surface area contributed by atoms with E-state index < -0.39 is 17.6 Å². The lowest BCUT2D eigenvalue weighted by atomic mass is 10.0. The first-order valence-electron chi connectivity index (χ1n) is 9.50. The lowest BCUT2D eigenvalue weighted by Gasteiger charge is -2.27. The van der Waals surface area contributed by atoms with E-state index in [-0.39, 0.29) is 5.56 Å². The monoisotopic (exact) mass is 477 g/mol. The van der Waals surface area contributed by atoms with Gasteiger partial charge in [-0.15, -0.1) is 11.3 Å². The number of carbonyl (C=O) groups is 2. The van der Waals surface area contributed by atoms with Gasteiger partial charge in [0.1, 0.15) is 10.8 Å². The van der Waals surface area contributed by atoms with Crippen LogP contribution in [0, 0.1) is 5.82 Å². The molecule has 0 fully saturated rings. The molecule has 0 aliphatic carbocycles. The molecular weight excluding hydrogens is 460 g/mol. The minimum Gasteiger partial charge on any atom is -0.365 e. The van der Waals surface area contributed by atoms with Gasteiger partial charge in [-0.05, 0) is 36.2 Å². The van der Waals surface area contributed by atoms with Crippen molar-refractivity contribution in [1.29, 1.82) is 0 Å². The smallest absolute Gasteiger partial charge is 0.259 e. The van der Waals surface area contributed by atoms with E-state index >= 15 is 0 Å². The summed E-state index contributed by atoms with van der Waals surface area (Å²) in [6, 6.07) is 11.1. The summed E-state index contributed by atoms with van der Waals surface area (Å²) in [7, 11) is 0. The Bertz CT molecular complexity index is 1160. The number of fused-ring (bicyclic) bond motifs is 1. The number of hydrogen-bond acceptors (Lipinski definition) is 4. The van der Waals surface area contributed by atoms with Crippen molar-refractivity contribution >= 4 is 51.4 Å². The Morgan fingerprint density at radius 1 is 1.13 bits per heavy atom. The maximum Gasteiger partial charge on any atom is 0.259 e. The predicted octanol–water partition coefficient (Wildman–Crippen LogP) is 5.10. The van der Waals surface area contributed by atoms with E-state index in [2.05, 4.69) is 10.2 Å². The van der Waals surface area contributed by atoms with Gasteiger partial charge in [0.15, 0.2) is 0 Å². The van der Waals surface area contributed by atoms with Crippen molar-refractivity contribution in [2.45, 2.75) is 19.5 Å². The highest BCUT2D eigenvalue weighted by molar-refractivity contribution is 7.17. The maximum absolute atomic E-state index is 14.0. The van der Waals surface area contributed by atoms with Crippen LogP contribution in [0.15, 0.2) is 42.5 Å². The zero-order valence-corrected chi connectivity index (χ0v) is 18.6. The van der Waals surface area contributed by atoms with Gasteiger partial charge in [0.25, 0.3) is 11.8 Å². The molecule has 160 valence electrons. The molecule has 0 saturated heterocycles. The number of hydrogen-bond donors (Lipinski definition) is 2. The van der Waals surface area contributed by atoms with Crippen molar-refractivity contribution in [2.24, 2.45) is 5.73 Å². The second-order valence-corrected chi connectivity index (χ2v) is 9.09. The molecule has 0 radical (unpaired) electrons. The van der Waals surface area contributed by atoms with Gasteiger partial charge >= 0.3 is 0 Å². The first-order valence-corrected chi connectivity index (χ1v) is 11.1. The molecule has 0 bridgehead atoms. The molecular formula is C22H18Cl2FN3O2S. The molecule has 0 spiro atoms. The van der Waals surface area contributed by atoms with Crippen molar-refractivity contribution in [3.8, 4) is 0 Å². The largest absolute Gasteiger partial charge is 0.365 e. The first-order chi connectivity index (χ1) is 14.8. The molecule has 3 aromatic rings. The van der Waals surface area contributed by atoms with Crippen LogP contribution in [0.2, 0.25) is 10.0 Å². The number of carbonyl (C=O) groups excluding carboxylic acids is 2. The zero-order chi connectivity index (χ0) is 22.1. The third kappa shape index (κ3) is 4.45. The fourth-order valence-electron chi connectivity index (χ4n) is 3.66. The lowest BCUT2D eigenvalue weighted by molar-refractivity contribution is 0.0999. The molecule has 0 atom stereocenters. The SMILES string of the molecule is NC(=O)c1c(NC(=O)c2ccccc2F)sc2c1CCN(Cc1c(Cl)cccc1Cl)C2. The number of benzene rings is 2. The highest BCUT2D eigenvalue weighted by Gasteiger charge is 2.28. The summed E-state index contributed by atoms with van der Waals surface area (Å²) in [6.45, 7) is 1.78. The number of nitrogens with zero attached hydrogens (tertiary/aromatic N) is 1. The predicted molar refractivity (Wildman–Crippen MR) is 121 cm³/mol. The normalized spacial score (nSPS) is 13.6. The third-order valence-corrected chi connectivity index (χ3v) is 7.01. The topological polar surface area (TPSA) is 75.4 Å². The summed E-state index contributed by atoms with van der Waals surface area (Å²) >= 11 is 13.9. The van der Waals surface area contributed by atoms with Crippen LogP contribution in [0.5, 0.6) is 0 Å². The van der Waals surface area contributed by atoms with Gasteiger partial charge in [-0.3, -0.25) is 14.5 Å². The molecule has 4 rings (SSSR count). The molecule has 2 heterocycles. The summed E-state index contributed by atoms with van der Waals surface area (Å²) in [5.41, 5.74) is 7.48. The van der Waals surface area contributed by atoms with Gasteiger partial charge in [-0.1, -0.05) is 41.4 Å². The molecule has 31 heavy (non-hydrogen) atoms. The molecule has 9 heteroatoms. The number of anilines is 1. The number of amides is 2. The van der Waals surface area contributed by atoms with E-state index in [0.29, 0.717) is 46.7 Å². The van der Waals surface area contributed by atoms with Gasteiger partial charge in [0, 0.05) is 40.1 Å². The van der Waals surface area contributed by atoms with Crippen molar-refractivity contribution in [3.63, 3.8) is 0 Å². The number of nitrogens with one attached hydrogen (secondary N) is 1. The number of thiophene rings is 1. The molecule has 0 unspecified atom stereocenters. The average Bonchev–Trinajstić information content (AvgIpc) is 3.08. The van der Waals surface area contributed by atoms with E-state index in [1.165, 1.54) is 29.5 Å². The second kappa shape index (κ2) is 8.96. The minimum absolute atomic E-state index is 0.0979. The minimum atomic E-state index is -0.635. The summed E-state index contributed by atoms with van der Waals surface area (Å²) < 4.78 is 14.0. The number of nitrogens with two attached hydrogens (primary N) is 1. The highest BCUT2D eigenvalue weighted by atomic mass is 35.5. The Labute approximate surface area is 192 Å². The second-order valence-electron chi connectivity index (χ2n) is 7.17. The van der Waals surface area contributed by atoms with E-state index in [9.17, 15) is 14.0 Å². The van der Waals surface area contributed by atoms with Crippen LogP contribution in [0.3, 0.4) is 0 Å². The van der Waals surface area contributed by atoms with Crippen molar-refractivity contribution < 1.29 is 14.0 Å². The third-order valence-electron chi connectivity index (χ3n) is 5.17. The molecule has 1 aromatic heterocycles. The summed E-state index contributed by atoms with van der Waals surface area (Å²) in [5, 5.41) is 4.20. The van der Waals surface area contributed by atoms with Crippen LogP contribution < -0.4 is 11.1 Å². The Hall–Kier alpha value is -2.45. The Morgan fingerprint density at radius 2 is 1.84 bits per heavy atom. The summed E-state index contributed by atoms with van der Waals surface area (Å²) in [4.78, 5) is 27.8. The van der Waals surface area contributed by atoms with Crippen molar-refractivity contribution in [3.05, 3.63) is 85.5 Å². The Kier molecular flexibility index (Phi) is 6.29. The molecule has 2 amide bonds. The van der Waals surface area contributed by atoms with Crippen molar-refractivity contribution in [2.75, 3.05) is 11.9 Å². The zero-order valence-electron chi connectivity index (χ0n) is 16.3. The van der Waals surface area contributed by atoms with Crippen LogP contribution in [0.4, 0.5) is 9.39 Å². The van der Waals surface area contributed by atoms with Gasteiger partial charge in [0.2, 0.25) is 0 Å². The van der Waals surface area contributed by atoms with Crippen LogP contribution in [-0.4, -0.2) is 23.3 Å². The van der Waals surface area contributed by atoms with E-state index in [1.807, 2.05) is 0 Å². The van der Waals surface area contributed by atoms with Crippen molar-refractivity contribution in [1.82, 2.24) is 4.90 Å². The average molecular weight is 478 g/mol. The summed E-state index contributed by atoms with van der Waals surface area (Å²) in [5.74, 6) is -1.88. The van der Waals surface area contributed by atoms with Crippen LogP contribution in [0.25, 0.3) is 0 Å². The molecule has 3 N–H and O–H groups in total. The van der Waals surface area contributed by atoms with Crippen LogP contribution >= 0.6 is 34.5 Å². The standard InChI is InChI=1S/C22H18Cl2FN3O2S/c23-15-5-3-6-16(24)14(15)10-28-9-8-13-18(11-28)31-22(19(13)20(26)29)27-21(30)12-4-1-2-7-17(12)25/h1-7H,8-11H2,(H2,26,29)(H,27,30). The maximum atomic E-state index is 14.0. The molecule has 2 aromatic carbocycles. The molecule has 0 saturated carbocycles. The van der Waals surface area contributed by atoms with E-state index in [4.69, 9.17) is 28.9 Å². The van der Waals surface area contributed by atoms with E-state index in [1.54, 1.807) is 24.3 Å². The Morgan fingerprint density at radius 3 is 2.52 bits per heavy atom. The number of halogens is 3. The number of rotatable bonds is 5. The summed E-state index contributed by atoms with van der Waals surface area (Å²) in [6.07, 6.45) is 0.585. The van der Waals surface area contributed by atoms with E-state index in [0.717, 1.165) is 16.0 Å². The fourth-order valence-corrected chi connectivity index (χ4v) is 5.47.